The number of anilines is 1. The number of thioether (sulfide) groups is 1. The van der Waals surface area contributed by atoms with E-state index in [2.05, 4.69) is 5.32 Å². The maximum Gasteiger partial charge on any atom is 0.257 e. The molecule has 16 heavy (non-hydrogen) atoms. The predicted molar refractivity (Wildman–Crippen MR) is 62.5 cm³/mol. The van der Waals surface area contributed by atoms with E-state index in [1.54, 1.807) is 17.8 Å². The first kappa shape index (κ1) is 11.4. The lowest BCUT2D eigenvalue weighted by molar-refractivity contribution is -0.123. The number of aliphatic hydroxyl groups excluding tert-OH is 2. The summed E-state index contributed by atoms with van der Waals surface area (Å²) in [6.45, 7) is 0.188. The summed E-state index contributed by atoms with van der Waals surface area (Å²) >= 11 is 1.62. The average Bonchev–Trinajstić information content (AvgIpc) is 2.55. The van der Waals surface area contributed by atoms with Gasteiger partial charge in [0.25, 0.3) is 5.91 Å². The van der Waals surface area contributed by atoms with Crippen LogP contribution in [0.15, 0.2) is 23.1 Å². The van der Waals surface area contributed by atoms with E-state index in [0.717, 1.165) is 17.1 Å². The van der Waals surface area contributed by atoms with Gasteiger partial charge in [-0.25, -0.2) is 0 Å². The number of carbonyl (C=O) groups is 1. The standard InChI is InChI=1S/C11H13NO3S/c13-4-1-5-16-7-2-3-8-9(6-7)12-11(15)10(8)14/h2-3,6,10,13-14H,1,4-5H2,(H,12,15). The number of rotatable bonds is 4. The van der Waals surface area contributed by atoms with Crippen molar-refractivity contribution < 1.29 is 15.0 Å². The molecular weight excluding hydrogens is 226 g/mol. The van der Waals surface area contributed by atoms with Crippen LogP contribution in [-0.2, 0) is 4.79 Å². The summed E-state index contributed by atoms with van der Waals surface area (Å²) in [6.07, 6.45) is -0.289. The van der Waals surface area contributed by atoms with E-state index in [1.165, 1.54) is 0 Å². The van der Waals surface area contributed by atoms with Crippen molar-refractivity contribution in [3.63, 3.8) is 0 Å². The lowest BCUT2D eigenvalue weighted by Gasteiger charge is -2.04. The molecule has 1 aliphatic heterocycles. The van der Waals surface area contributed by atoms with E-state index in [4.69, 9.17) is 5.11 Å². The highest BCUT2D eigenvalue weighted by molar-refractivity contribution is 7.99. The fourth-order valence-corrected chi connectivity index (χ4v) is 2.44. The van der Waals surface area contributed by atoms with Gasteiger partial charge in [0.2, 0.25) is 0 Å². The third-order valence-electron chi connectivity index (χ3n) is 2.40. The van der Waals surface area contributed by atoms with Crippen LogP contribution in [0.25, 0.3) is 0 Å². The first-order chi connectivity index (χ1) is 7.72. The molecule has 0 fully saturated rings. The SMILES string of the molecule is O=C1Nc2cc(SCCCO)ccc2C1O. The van der Waals surface area contributed by atoms with Gasteiger partial charge in [0.15, 0.2) is 6.10 Å². The lowest BCUT2D eigenvalue weighted by atomic mass is 10.1. The zero-order valence-corrected chi connectivity index (χ0v) is 9.46. The van der Waals surface area contributed by atoms with Crippen molar-refractivity contribution in [3.8, 4) is 0 Å². The highest BCUT2D eigenvalue weighted by atomic mass is 32.2. The largest absolute Gasteiger partial charge is 0.396 e. The highest BCUT2D eigenvalue weighted by Crippen LogP contribution is 2.34. The second-order valence-corrected chi connectivity index (χ2v) is 4.73. The van der Waals surface area contributed by atoms with E-state index >= 15 is 0 Å². The van der Waals surface area contributed by atoms with E-state index in [9.17, 15) is 9.90 Å². The Labute approximate surface area is 97.7 Å². The smallest absolute Gasteiger partial charge is 0.257 e. The summed E-state index contributed by atoms with van der Waals surface area (Å²) in [7, 11) is 0. The third-order valence-corrected chi connectivity index (χ3v) is 3.48. The van der Waals surface area contributed by atoms with Crippen LogP contribution in [0.3, 0.4) is 0 Å². The van der Waals surface area contributed by atoms with Gasteiger partial charge in [-0.05, 0) is 18.6 Å². The first-order valence-electron chi connectivity index (χ1n) is 5.09. The maximum atomic E-state index is 11.2. The van der Waals surface area contributed by atoms with E-state index in [0.29, 0.717) is 11.3 Å². The molecule has 0 aromatic heterocycles. The summed E-state index contributed by atoms with van der Waals surface area (Å²) in [4.78, 5) is 12.2. The summed E-state index contributed by atoms with van der Waals surface area (Å²) in [6, 6.07) is 5.50. The molecule has 1 aromatic rings. The molecule has 1 heterocycles. The Balaban J connectivity index is 2.09. The summed E-state index contributed by atoms with van der Waals surface area (Å²) in [5.41, 5.74) is 1.32. The molecule has 0 saturated carbocycles. The van der Waals surface area contributed by atoms with Crippen LogP contribution in [0.2, 0.25) is 0 Å². The van der Waals surface area contributed by atoms with Gasteiger partial charge in [-0.15, -0.1) is 11.8 Å². The van der Waals surface area contributed by atoms with Gasteiger partial charge in [-0.1, -0.05) is 6.07 Å². The van der Waals surface area contributed by atoms with Gasteiger partial charge in [-0.2, -0.15) is 0 Å². The second kappa shape index (κ2) is 4.86. The van der Waals surface area contributed by atoms with Gasteiger partial charge < -0.3 is 15.5 Å². The lowest BCUT2D eigenvalue weighted by Crippen LogP contribution is -2.10. The topological polar surface area (TPSA) is 69.6 Å². The zero-order valence-electron chi connectivity index (χ0n) is 8.64. The van der Waals surface area contributed by atoms with Gasteiger partial charge >= 0.3 is 0 Å². The van der Waals surface area contributed by atoms with Crippen LogP contribution < -0.4 is 5.32 Å². The van der Waals surface area contributed by atoms with Crippen LogP contribution in [-0.4, -0.2) is 28.5 Å². The third kappa shape index (κ3) is 2.21. The Bertz CT molecular complexity index is 408. The number of benzene rings is 1. The monoisotopic (exact) mass is 239 g/mol. The summed E-state index contributed by atoms with van der Waals surface area (Å²) < 4.78 is 0. The number of fused-ring (bicyclic) bond motifs is 1. The van der Waals surface area contributed by atoms with Gasteiger partial charge in [0, 0.05) is 28.5 Å². The molecular formula is C11H13NO3S. The molecule has 4 nitrogen and oxygen atoms in total. The van der Waals surface area contributed by atoms with Crippen LogP contribution in [0.5, 0.6) is 0 Å². The molecule has 1 atom stereocenters. The molecule has 1 aromatic carbocycles. The van der Waals surface area contributed by atoms with Gasteiger partial charge in [-0.3, -0.25) is 4.79 Å². The average molecular weight is 239 g/mol. The number of hydrogen-bond acceptors (Lipinski definition) is 4. The molecule has 3 N–H and O–H groups in total. The predicted octanol–water partition coefficient (Wildman–Crippen LogP) is 1.15. The van der Waals surface area contributed by atoms with Crippen LogP contribution in [0.1, 0.15) is 18.1 Å². The van der Waals surface area contributed by atoms with Gasteiger partial charge in [0.05, 0.1) is 0 Å². The number of nitrogens with one attached hydrogen (secondary N) is 1. The molecule has 0 saturated heterocycles. The fraction of sp³-hybridized carbons (Fsp3) is 0.364. The number of hydrogen-bond donors (Lipinski definition) is 3. The Morgan fingerprint density at radius 1 is 1.44 bits per heavy atom. The molecule has 2 rings (SSSR count). The summed E-state index contributed by atoms with van der Waals surface area (Å²) in [5.74, 6) is 0.471. The maximum absolute atomic E-state index is 11.2. The van der Waals surface area contributed by atoms with Crippen molar-refractivity contribution >= 4 is 23.4 Å². The molecule has 0 bridgehead atoms. The Morgan fingerprint density at radius 2 is 2.25 bits per heavy atom. The number of carbonyl (C=O) groups excluding carboxylic acids is 1. The zero-order chi connectivity index (χ0) is 11.5. The highest BCUT2D eigenvalue weighted by Gasteiger charge is 2.28. The molecule has 1 unspecified atom stereocenters. The van der Waals surface area contributed by atoms with Crippen LogP contribution in [0, 0.1) is 0 Å². The minimum Gasteiger partial charge on any atom is -0.396 e. The van der Waals surface area contributed by atoms with E-state index in [1.807, 2.05) is 12.1 Å². The second-order valence-electron chi connectivity index (χ2n) is 3.57. The molecule has 1 amide bonds. The Kier molecular flexibility index (Phi) is 3.48. The minimum atomic E-state index is -1.04. The number of aliphatic hydroxyl groups is 2. The Morgan fingerprint density at radius 3 is 3.00 bits per heavy atom. The molecule has 1 aliphatic rings. The van der Waals surface area contributed by atoms with Crippen LogP contribution >= 0.6 is 11.8 Å². The van der Waals surface area contributed by atoms with Crippen LogP contribution in [0.4, 0.5) is 5.69 Å². The van der Waals surface area contributed by atoms with Crippen molar-refractivity contribution in [2.24, 2.45) is 0 Å². The summed E-state index contributed by atoms with van der Waals surface area (Å²) in [5, 5.41) is 20.8. The fourth-order valence-electron chi connectivity index (χ4n) is 1.57. The van der Waals surface area contributed by atoms with Gasteiger partial charge in [0.1, 0.15) is 0 Å². The van der Waals surface area contributed by atoms with Crippen molar-refractivity contribution in [1.82, 2.24) is 0 Å². The minimum absolute atomic E-state index is 0.188. The van der Waals surface area contributed by atoms with Crippen molar-refractivity contribution in [1.29, 1.82) is 0 Å². The molecule has 0 aliphatic carbocycles. The first-order valence-corrected chi connectivity index (χ1v) is 6.07. The van der Waals surface area contributed by atoms with Crippen molar-refractivity contribution in [2.75, 3.05) is 17.7 Å². The van der Waals surface area contributed by atoms with E-state index < -0.39 is 6.10 Å². The molecule has 0 radical (unpaired) electrons. The van der Waals surface area contributed by atoms with Crippen molar-refractivity contribution in [3.05, 3.63) is 23.8 Å². The molecule has 5 heteroatoms. The normalized spacial score (nSPS) is 18.4. The quantitative estimate of drug-likeness (QED) is 0.544. The molecule has 86 valence electrons. The van der Waals surface area contributed by atoms with E-state index in [-0.39, 0.29) is 12.5 Å². The number of amides is 1. The van der Waals surface area contributed by atoms with Crippen molar-refractivity contribution in [2.45, 2.75) is 17.4 Å². The Hall–Kier alpha value is -1.04. The molecule has 0 spiro atoms.